The summed E-state index contributed by atoms with van der Waals surface area (Å²) in [5.41, 5.74) is 4.80. The summed E-state index contributed by atoms with van der Waals surface area (Å²) in [5, 5.41) is 3.22. The lowest BCUT2D eigenvalue weighted by atomic mass is 10.0. The van der Waals surface area contributed by atoms with Gasteiger partial charge in [-0.1, -0.05) is 103 Å². The number of sulfonamides is 1. The van der Waals surface area contributed by atoms with Crippen molar-refractivity contribution in [2.24, 2.45) is 0 Å². The van der Waals surface area contributed by atoms with Crippen molar-refractivity contribution in [3.8, 4) is 0 Å². The van der Waals surface area contributed by atoms with Gasteiger partial charge in [-0.3, -0.25) is 13.9 Å². The molecule has 1 atom stereocenters. The molecular formula is C38H43N3O4S. The van der Waals surface area contributed by atoms with Crippen LogP contribution in [-0.4, -0.2) is 43.8 Å². The maximum Gasteiger partial charge on any atom is 0.264 e. The highest BCUT2D eigenvalue weighted by atomic mass is 32.2. The average molecular weight is 638 g/mol. The molecule has 0 aliphatic heterocycles. The minimum atomic E-state index is -4.15. The van der Waals surface area contributed by atoms with Gasteiger partial charge in [-0.25, -0.2) is 8.42 Å². The quantitative estimate of drug-likeness (QED) is 0.192. The Morgan fingerprint density at radius 1 is 0.783 bits per heavy atom. The smallest absolute Gasteiger partial charge is 0.264 e. The van der Waals surface area contributed by atoms with Gasteiger partial charge in [0.25, 0.3) is 10.0 Å². The number of amides is 2. The predicted octanol–water partition coefficient (Wildman–Crippen LogP) is 6.51. The van der Waals surface area contributed by atoms with E-state index in [1.807, 2.05) is 87.5 Å². The second-order valence-electron chi connectivity index (χ2n) is 12.2. The van der Waals surface area contributed by atoms with Crippen molar-refractivity contribution < 1.29 is 18.0 Å². The largest absolute Gasteiger partial charge is 0.352 e. The summed E-state index contributed by atoms with van der Waals surface area (Å²) in [6.45, 7) is 5.37. The molecule has 0 aromatic heterocycles. The summed E-state index contributed by atoms with van der Waals surface area (Å²) in [7, 11) is -4.15. The van der Waals surface area contributed by atoms with E-state index in [0.29, 0.717) is 12.1 Å². The van der Waals surface area contributed by atoms with E-state index in [1.165, 1.54) is 4.31 Å². The third-order valence-corrected chi connectivity index (χ3v) is 10.7. The molecule has 1 fully saturated rings. The molecule has 0 spiro atoms. The first kappa shape index (κ1) is 32.9. The normalized spacial score (nSPS) is 14.1. The Kier molecular flexibility index (Phi) is 10.6. The molecule has 1 N–H and O–H groups in total. The van der Waals surface area contributed by atoms with E-state index < -0.39 is 28.5 Å². The molecule has 4 aromatic carbocycles. The van der Waals surface area contributed by atoms with Crippen LogP contribution >= 0.6 is 0 Å². The fraction of sp³-hybridized carbons (Fsp3) is 0.316. The summed E-state index contributed by atoms with van der Waals surface area (Å²) in [4.78, 5) is 30.4. The molecule has 8 heteroatoms. The molecule has 46 heavy (non-hydrogen) atoms. The van der Waals surface area contributed by atoms with Crippen LogP contribution in [-0.2, 0) is 32.6 Å². The van der Waals surface area contributed by atoms with Gasteiger partial charge < -0.3 is 10.2 Å². The lowest BCUT2D eigenvalue weighted by Gasteiger charge is -2.34. The van der Waals surface area contributed by atoms with Gasteiger partial charge in [-0.15, -0.1) is 0 Å². The number of nitrogens with one attached hydrogen (secondary N) is 1. The molecule has 1 aliphatic carbocycles. The molecule has 1 aliphatic rings. The van der Waals surface area contributed by atoms with E-state index in [-0.39, 0.29) is 23.4 Å². The number of nitrogens with zero attached hydrogens (tertiary/aromatic N) is 2. The molecule has 0 radical (unpaired) electrons. The predicted molar refractivity (Wildman–Crippen MR) is 183 cm³/mol. The monoisotopic (exact) mass is 637 g/mol. The third kappa shape index (κ3) is 7.85. The second-order valence-corrected chi connectivity index (χ2v) is 14.1. The van der Waals surface area contributed by atoms with Gasteiger partial charge in [0.05, 0.1) is 10.6 Å². The minimum Gasteiger partial charge on any atom is -0.352 e. The van der Waals surface area contributed by atoms with Crippen molar-refractivity contribution in [1.29, 1.82) is 0 Å². The molecular weight excluding hydrogens is 595 g/mol. The van der Waals surface area contributed by atoms with Crippen molar-refractivity contribution in [2.75, 3.05) is 10.8 Å². The van der Waals surface area contributed by atoms with Crippen LogP contribution in [0.15, 0.2) is 108 Å². The lowest BCUT2D eigenvalue weighted by molar-refractivity contribution is -0.140. The van der Waals surface area contributed by atoms with Crippen molar-refractivity contribution in [2.45, 2.75) is 76.4 Å². The van der Waals surface area contributed by atoms with Gasteiger partial charge in [0.15, 0.2) is 0 Å². The van der Waals surface area contributed by atoms with Gasteiger partial charge in [-0.05, 0) is 74.1 Å². The highest BCUT2D eigenvalue weighted by molar-refractivity contribution is 7.92. The van der Waals surface area contributed by atoms with Crippen LogP contribution in [0.4, 0.5) is 5.69 Å². The maximum absolute atomic E-state index is 14.7. The third-order valence-electron chi connectivity index (χ3n) is 8.90. The number of carbonyl (C=O) groups excluding carboxylic acids is 2. The first-order chi connectivity index (χ1) is 22.1. The minimum absolute atomic E-state index is 0.0628. The van der Waals surface area contributed by atoms with Gasteiger partial charge in [0.1, 0.15) is 12.6 Å². The zero-order valence-electron chi connectivity index (χ0n) is 26.9. The molecule has 4 aromatic rings. The molecule has 1 unspecified atom stereocenters. The van der Waals surface area contributed by atoms with Crippen molar-refractivity contribution in [3.05, 3.63) is 131 Å². The molecule has 2 amide bonds. The standard InChI is InChI=1S/C38H43N3O4S/c1-28-21-23-34(24-22-28)46(44,45)41(35-20-12-13-29(2)30(35)3)27-37(42)40(26-32-16-8-5-9-17-32)36(25-31-14-6-4-7-15-31)38(43)39-33-18-10-11-19-33/h4-9,12-17,20-24,33,36H,10-11,18-19,25-27H2,1-3H3,(H,39,43). The molecule has 240 valence electrons. The maximum atomic E-state index is 14.7. The Balaban J connectivity index is 1.58. The van der Waals surface area contributed by atoms with Crippen LogP contribution in [0.1, 0.15) is 53.5 Å². The number of hydrogen-bond donors (Lipinski definition) is 1. The Bertz CT molecular complexity index is 1740. The van der Waals surface area contributed by atoms with Gasteiger partial charge in [0, 0.05) is 19.0 Å². The molecule has 1 saturated carbocycles. The van der Waals surface area contributed by atoms with Crippen LogP contribution < -0.4 is 9.62 Å². The Hall–Kier alpha value is -4.43. The summed E-state index contributed by atoms with van der Waals surface area (Å²) >= 11 is 0. The fourth-order valence-corrected chi connectivity index (χ4v) is 7.53. The van der Waals surface area contributed by atoms with Crippen LogP contribution in [0, 0.1) is 20.8 Å². The van der Waals surface area contributed by atoms with E-state index in [9.17, 15) is 18.0 Å². The lowest BCUT2D eigenvalue weighted by Crippen LogP contribution is -2.54. The van der Waals surface area contributed by atoms with Crippen LogP contribution in [0.2, 0.25) is 0 Å². The zero-order valence-corrected chi connectivity index (χ0v) is 27.7. The SMILES string of the molecule is Cc1ccc(S(=O)(=O)N(CC(=O)N(Cc2ccccc2)C(Cc2ccccc2)C(=O)NC2CCCC2)c2cccc(C)c2C)cc1. The van der Waals surface area contributed by atoms with Crippen molar-refractivity contribution in [3.63, 3.8) is 0 Å². The van der Waals surface area contributed by atoms with Crippen molar-refractivity contribution >= 4 is 27.5 Å². The van der Waals surface area contributed by atoms with E-state index >= 15 is 0 Å². The molecule has 7 nitrogen and oxygen atoms in total. The number of anilines is 1. The molecule has 5 rings (SSSR count). The second kappa shape index (κ2) is 14.8. The highest BCUT2D eigenvalue weighted by Crippen LogP contribution is 2.30. The summed E-state index contributed by atoms with van der Waals surface area (Å²) < 4.78 is 29.9. The van der Waals surface area contributed by atoms with E-state index in [2.05, 4.69) is 5.32 Å². The molecule has 0 saturated heterocycles. The Morgan fingerprint density at radius 2 is 1.39 bits per heavy atom. The summed E-state index contributed by atoms with van der Waals surface area (Å²) in [5.74, 6) is -0.678. The average Bonchev–Trinajstić information content (AvgIpc) is 3.57. The topological polar surface area (TPSA) is 86.8 Å². The first-order valence-corrected chi connectivity index (χ1v) is 17.4. The van der Waals surface area contributed by atoms with E-state index in [4.69, 9.17) is 0 Å². The summed E-state index contributed by atoms with van der Waals surface area (Å²) in [6, 6.07) is 30.5. The van der Waals surface area contributed by atoms with Gasteiger partial charge in [0.2, 0.25) is 11.8 Å². The number of carbonyl (C=O) groups is 2. The van der Waals surface area contributed by atoms with E-state index in [0.717, 1.165) is 53.5 Å². The van der Waals surface area contributed by atoms with Gasteiger partial charge >= 0.3 is 0 Å². The first-order valence-electron chi connectivity index (χ1n) is 16.0. The van der Waals surface area contributed by atoms with Crippen molar-refractivity contribution in [1.82, 2.24) is 10.2 Å². The number of rotatable bonds is 12. The molecule has 0 heterocycles. The molecule has 0 bridgehead atoms. The van der Waals surface area contributed by atoms with Gasteiger partial charge in [-0.2, -0.15) is 0 Å². The summed E-state index contributed by atoms with van der Waals surface area (Å²) in [6.07, 6.45) is 4.23. The number of benzene rings is 4. The van der Waals surface area contributed by atoms with Crippen LogP contribution in [0.25, 0.3) is 0 Å². The Morgan fingerprint density at radius 3 is 2.02 bits per heavy atom. The van der Waals surface area contributed by atoms with Crippen LogP contribution in [0.3, 0.4) is 0 Å². The van der Waals surface area contributed by atoms with Crippen LogP contribution in [0.5, 0.6) is 0 Å². The number of hydrogen-bond acceptors (Lipinski definition) is 4. The number of aryl methyl sites for hydroxylation is 2. The highest BCUT2D eigenvalue weighted by Gasteiger charge is 2.36. The fourth-order valence-electron chi connectivity index (χ4n) is 6.06. The van der Waals surface area contributed by atoms with E-state index in [1.54, 1.807) is 41.3 Å². The Labute approximate surface area is 273 Å². The zero-order chi connectivity index (χ0) is 32.7.